The number of nitrogens with one attached hydrogen (secondary N) is 1. The lowest BCUT2D eigenvalue weighted by Crippen LogP contribution is -2.18. The van der Waals surface area contributed by atoms with Crippen LogP contribution in [0.5, 0.6) is 0 Å². The summed E-state index contributed by atoms with van der Waals surface area (Å²) in [7, 11) is 0. The van der Waals surface area contributed by atoms with Gasteiger partial charge >= 0.3 is 0 Å². The molecule has 1 aromatic rings. The van der Waals surface area contributed by atoms with E-state index in [2.05, 4.69) is 41.9 Å². The fourth-order valence-corrected chi connectivity index (χ4v) is 2.35. The summed E-state index contributed by atoms with van der Waals surface area (Å²) in [6, 6.07) is 10.7. The summed E-state index contributed by atoms with van der Waals surface area (Å²) in [5, 5.41) is 3.52. The second-order valence-corrected chi connectivity index (χ2v) is 5.38. The molecule has 0 heterocycles. The summed E-state index contributed by atoms with van der Waals surface area (Å²) < 4.78 is 0. The van der Waals surface area contributed by atoms with Gasteiger partial charge in [0, 0.05) is 0 Å². The maximum absolute atomic E-state index is 3.52. The van der Waals surface area contributed by atoms with Crippen molar-refractivity contribution in [3.63, 3.8) is 0 Å². The Labute approximate surface area is 110 Å². The monoisotopic (exact) mass is 251 g/mol. The van der Waals surface area contributed by atoms with Crippen molar-refractivity contribution in [2.75, 3.05) is 25.1 Å². The molecule has 0 unspecified atom stereocenters. The summed E-state index contributed by atoms with van der Waals surface area (Å²) in [6.07, 6.45) is 8.80. The average Bonchev–Trinajstić information content (AvgIpc) is 2.38. The molecule has 0 amide bonds. The molecule has 0 aromatic heterocycles. The molecule has 0 aliphatic rings. The van der Waals surface area contributed by atoms with Crippen molar-refractivity contribution in [1.82, 2.24) is 5.32 Å². The van der Waals surface area contributed by atoms with Crippen LogP contribution in [0.1, 0.15) is 31.2 Å². The zero-order valence-electron chi connectivity index (χ0n) is 11.0. The van der Waals surface area contributed by atoms with E-state index in [4.69, 9.17) is 0 Å². The summed E-state index contributed by atoms with van der Waals surface area (Å²) >= 11 is 1.96. The third-order valence-electron chi connectivity index (χ3n) is 2.89. The Kier molecular flexibility index (Phi) is 9.16. The van der Waals surface area contributed by atoms with Crippen LogP contribution in [0.2, 0.25) is 0 Å². The van der Waals surface area contributed by atoms with E-state index in [-0.39, 0.29) is 0 Å². The van der Waals surface area contributed by atoms with Gasteiger partial charge in [0.1, 0.15) is 0 Å². The summed E-state index contributed by atoms with van der Waals surface area (Å²) in [4.78, 5) is 0. The van der Waals surface area contributed by atoms with Gasteiger partial charge in [-0.1, -0.05) is 43.2 Å². The van der Waals surface area contributed by atoms with Crippen LogP contribution in [0.15, 0.2) is 30.3 Å². The molecule has 17 heavy (non-hydrogen) atoms. The molecule has 0 aliphatic carbocycles. The highest BCUT2D eigenvalue weighted by Crippen LogP contribution is 2.04. The van der Waals surface area contributed by atoms with Gasteiger partial charge in [0.25, 0.3) is 0 Å². The number of thioether (sulfide) groups is 1. The average molecular weight is 251 g/mol. The maximum atomic E-state index is 3.52. The molecular formula is C15H25NS. The zero-order chi connectivity index (χ0) is 12.2. The minimum atomic E-state index is 1.11. The second kappa shape index (κ2) is 10.7. The first-order valence-electron chi connectivity index (χ1n) is 6.67. The molecule has 2 heteroatoms. The molecule has 0 radical (unpaired) electrons. The van der Waals surface area contributed by atoms with Crippen molar-refractivity contribution in [2.24, 2.45) is 0 Å². The lowest BCUT2D eigenvalue weighted by atomic mass is 10.1. The molecule has 0 saturated carbocycles. The highest BCUT2D eigenvalue weighted by atomic mass is 32.2. The summed E-state index contributed by atoms with van der Waals surface area (Å²) in [5.41, 5.74) is 1.43. The van der Waals surface area contributed by atoms with Gasteiger partial charge in [0.2, 0.25) is 0 Å². The van der Waals surface area contributed by atoms with Crippen LogP contribution < -0.4 is 5.32 Å². The normalized spacial score (nSPS) is 10.6. The molecule has 0 fully saturated rings. The summed E-state index contributed by atoms with van der Waals surface area (Å²) in [5.74, 6) is 1.32. The molecule has 1 N–H and O–H groups in total. The van der Waals surface area contributed by atoms with E-state index in [0.717, 1.165) is 13.0 Å². The number of rotatable bonds is 10. The Balaban J connectivity index is 1.85. The molecule has 96 valence electrons. The molecule has 0 bridgehead atoms. The smallest absolute Gasteiger partial charge is 0.000835 e. The minimum Gasteiger partial charge on any atom is -0.316 e. The number of unbranched alkanes of at least 4 members (excludes halogenated alkanes) is 3. The topological polar surface area (TPSA) is 12.0 Å². The number of hydrogen-bond acceptors (Lipinski definition) is 2. The number of hydrogen-bond donors (Lipinski definition) is 1. The highest BCUT2D eigenvalue weighted by Gasteiger charge is 1.92. The molecule has 1 nitrogen and oxygen atoms in total. The standard InChI is InChI=1S/C15H25NS/c1-17-14-8-3-2-7-12-16-13-11-15-9-5-4-6-10-15/h4-6,9-10,16H,2-3,7-8,11-14H2,1H3. The third-order valence-corrected chi connectivity index (χ3v) is 3.58. The molecule has 0 atom stereocenters. The first-order valence-corrected chi connectivity index (χ1v) is 8.06. The van der Waals surface area contributed by atoms with Crippen LogP contribution in [-0.4, -0.2) is 25.1 Å². The number of benzene rings is 1. The van der Waals surface area contributed by atoms with Crippen molar-refractivity contribution in [2.45, 2.75) is 32.1 Å². The van der Waals surface area contributed by atoms with E-state index in [9.17, 15) is 0 Å². The molecule has 1 rings (SSSR count). The lowest BCUT2D eigenvalue weighted by molar-refractivity contribution is 0.600. The van der Waals surface area contributed by atoms with E-state index < -0.39 is 0 Å². The first kappa shape index (κ1) is 14.6. The van der Waals surface area contributed by atoms with E-state index in [1.165, 1.54) is 43.5 Å². The van der Waals surface area contributed by atoms with Crippen molar-refractivity contribution in [3.8, 4) is 0 Å². The van der Waals surface area contributed by atoms with Gasteiger partial charge in [-0.3, -0.25) is 0 Å². The Morgan fingerprint density at radius 1 is 0.941 bits per heavy atom. The predicted molar refractivity (Wildman–Crippen MR) is 79.9 cm³/mol. The molecular weight excluding hydrogens is 226 g/mol. The Hall–Kier alpha value is -0.470. The fourth-order valence-electron chi connectivity index (χ4n) is 1.85. The van der Waals surface area contributed by atoms with Gasteiger partial charge in [0.15, 0.2) is 0 Å². The quantitative estimate of drug-likeness (QED) is 0.636. The van der Waals surface area contributed by atoms with Crippen molar-refractivity contribution in [3.05, 3.63) is 35.9 Å². The highest BCUT2D eigenvalue weighted by molar-refractivity contribution is 7.98. The van der Waals surface area contributed by atoms with Crippen molar-refractivity contribution < 1.29 is 0 Å². The Morgan fingerprint density at radius 3 is 2.47 bits per heavy atom. The molecule has 1 aromatic carbocycles. The minimum absolute atomic E-state index is 1.11. The van der Waals surface area contributed by atoms with Crippen LogP contribution in [0, 0.1) is 0 Å². The van der Waals surface area contributed by atoms with Crippen LogP contribution in [-0.2, 0) is 6.42 Å². The van der Waals surface area contributed by atoms with Gasteiger partial charge in [0.05, 0.1) is 0 Å². The van der Waals surface area contributed by atoms with Gasteiger partial charge in [-0.05, 0) is 49.9 Å². The first-order chi connectivity index (χ1) is 8.43. The fraction of sp³-hybridized carbons (Fsp3) is 0.600. The Morgan fingerprint density at radius 2 is 1.71 bits per heavy atom. The van der Waals surface area contributed by atoms with Crippen molar-refractivity contribution in [1.29, 1.82) is 0 Å². The van der Waals surface area contributed by atoms with Gasteiger partial charge in [-0.15, -0.1) is 0 Å². The van der Waals surface area contributed by atoms with Gasteiger partial charge < -0.3 is 5.32 Å². The van der Waals surface area contributed by atoms with Crippen LogP contribution in [0.25, 0.3) is 0 Å². The zero-order valence-corrected chi connectivity index (χ0v) is 11.8. The SMILES string of the molecule is CSCCCCCCNCCc1ccccc1. The summed E-state index contributed by atoms with van der Waals surface area (Å²) in [6.45, 7) is 2.28. The second-order valence-electron chi connectivity index (χ2n) is 4.39. The van der Waals surface area contributed by atoms with E-state index in [1.54, 1.807) is 0 Å². The largest absolute Gasteiger partial charge is 0.316 e. The van der Waals surface area contributed by atoms with Gasteiger partial charge in [-0.2, -0.15) is 11.8 Å². The predicted octanol–water partition coefficient (Wildman–Crippen LogP) is 3.74. The lowest BCUT2D eigenvalue weighted by Gasteiger charge is -2.04. The third kappa shape index (κ3) is 8.28. The van der Waals surface area contributed by atoms with Crippen LogP contribution >= 0.6 is 11.8 Å². The molecule has 0 spiro atoms. The van der Waals surface area contributed by atoms with Gasteiger partial charge in [-0.25, -0.2) is 0 Å². The van der Waals surface area contributed by atoms with Crippen LogP contribution in [0.3, 0.4) is 0 Å². The van der Waals surface area contributed by atoms with E-state index >= 15 is 0 Å². The van der Waals surface area contributed by atoms with E-state index in [0.29, 0.717) is 0 Å². The Bertz CT molecular complexity index is 261. The van der Waals surface area contributed by atoms with Crippen LogP contribution in [0.4, 0.5) is 0 Å². The molecule has 0 saturated heterocycles. The molecule has 0 aliphatic heterocycles. The van der Waals surface area contributed by atoms with Crippen molar-refractivity contribution >= 4 is 11.8 Å². The maximum Gasteiger partial charge on any atom is -0.000835 e. The van der Waals surface area contributed by atoms with E-state index in [1.807, 2.05) is 11.8 Å².